The maximum absolute atomic E-state index is 15.3. The first-order valence-electron chi connectivity index (χ1n) is 9.65. The lowest BCUT2D eigenvalue weighted by Gasteiger charge is -2.36. The molecule has 1 saturated heterocycles. The number of likely N-dealkylation sites (tertiary alicyclic amines) is 1. The molecule has 0 N–H and O–H groups in total. The van der Waals surface area contributed by atoms with Gasteiger partial charge in [0.25, 0.3) is 0 Å². The minimum atomic E-state index is -1.28. The summed E-state index contributed by atoms with van der Waals surface area (Å²) in [7, 11) is 0. The van der Waals surface area contributed by atoms with Gasteiger partial charge in [-0.3, -0.25) is 0 Å². The van der Waals surface area contributed by atoms with E-state index in [-0.39, 0.29) is 12.4 Å². The van der Waals surface area contributed by atoms with Crippen LogP contribution < -0.4 is 0 Å². The summed E-state index contributed by atoms with van der Waals surface area (Å²) in [4.78, 5) is 13.7. The molecule has 1 amide bonds. The van der Waals surface area contributed by atoms with Crippen LogP contribution in [0.1, 0.15) is 33.2 Å². The van der Waals surface area contributed by atoms with Crippen LogP contribution >= 0.6 is 11.6 Å². The zero-order valence-electron chi connectivity index (χ0n) is 16.6. The summed E-state index contributed by atoms with van der Waals surface area (Å²) >= 11 is 6.15. The van der Waals surface area contributed by atoms with Gasteiger partial charge in [-0.25, -0.2) is 13.6 Å². The maximum atomic E-state index is 15.3. The average Bonchev–Trinajstić information content (AvgIpc) is 2.93. The van der Waals surface area contributed by atoms with Gasteiger partial charge < -0.3 is 14.2 Å². The van der Waals surface area contributed by atoms with Gasteiger partial charge in [-0.05, 0) is 63.6 Å². The lowest BCUT2D eigenvalue weighted by molar-refractivity contribution is 0.00737. The van der Waals surface area contributed by atoms with Crippen LogP contribution in [0.2, 0.25) is 5.02 Å². The number of hydrogen-bond acceptors (Lipinski definition) is 2. The Labute approximate surface area is 173 Å². The molecule has 4 rings (SSSR count). The molecule has 0 saturated carbocycles. The molecule has 2 atom stereocenters. The molecule has 2 heterocycles. The number of nitrogens with zero attached hydrogens (tertiary/aromatic N) is 2. The van der Waals surface area contributed by atoms with Crippen molar-refractivity contribution < 1.29 is 18.3 Å². The van der Waals surface area contributed by atoms with Crippen molar-refractivity contribution in [1.29, 1.82) is 0 Å². The molecule has 1 unspecified atom stereocenters. The topological polar surface area (TPSA) is 34.5 Å². The SMILES string of the molecule is CC(C)(C)OC(=O)N1CCC(n2c3ccc(F)cc3c3cc(Cl)ccc32)[C@@H](F)C1. The van der Waals surface area contributed by atoms with Crippen LogP contribution in [0, 0.1) is 5.82 Å². The number of benzene rings is 2. The van der Waals surface area contributed by atoms with Crippen LogP contribution in [0.25, 0.3) is 21.8 Å². The first kappa shape index (κ1) is 20.0. The minimum Gasteiger partial charge on any atom is -0.444 e. The number of aromatic nitrogens is 1. The van der Waals surface area contributed by atoms with Crippen molar-refractivity contribution in [2.45, 2.75) is 45.0 Å². The summed E-state index contributed by atoms with van der Waals surface area (Å²) in [5, 5.41) is 2.02. The van der Waals surface area contributed by atoms with Crippen molar-refractivity contribution in [3.8, 4) is 0 Å². The van der Waals surface area contributed by atoms with Gasteiger partial charge in [-0.15, -0.1) is 0 Å². The number of halogens is 3. The fraction of sp³-hybridized carbons (Fsp3) is 0.409. The molecule has 154 valence electrons. The fourth-order valence-electron chi connectivity index (χ4n) is 4.03. The summed E-state index contributed by atoms with van der Waals surface area (Å²) in [5.41, 5.74) is 0.922. The van der Waals surface area contributed by atoms with E-state index in [1.807, 2.05) is 10.6 Å². The molecule has 0 spiro atoms. The van der Waals surface area contributed by atoms with E-state index in [4.69, 9.17) is 16.3 Å². The number of amides is 1. The molecule has 7 heteroatoms. The quantitative estimate of drug-likeness (QED) is 0.476. The van der Waals surface area contributed by atoms with Crippen LogP contribution in [0.3, 0.4) is 0 Å². The first-order valence-corrected chi connectivity index (χ1v) is 10.0. The smallest absolute Gasteiger partial charge is 0.410 e. The molecular weight excluding hydrogens is 398 g/mol. The number of ether oxygens (including phenoxy) is 1. The third-order valence-corrected chi connectivity index (χ3v) is 5.45. The number of rotatable bonds is 1. The second-order valence-corrected chi connectivity index (χ2v) is 8.93. The molecule has 1 aliphatic rings. The van der Waals surface area contributed by atoms with Gasteiger partial charge in [0.05, 0.1) is 12.6 Å². The number of piperidine rings is 1. The second-order valence-electron chi connectivity index (χ2n) is 8.49. The number of alkyl halides is 1. The summed E-state index contributed by atoms with van der Waals surface area (Å²) in [6, 6.07) is 9.39. The monoisotopic (exact) mass is 420 g/mol. The lowest BCUT2D eigenvalue weighted by Crippen LogP contribution is -2.47. The van der Waals surface area contributed by atoms with Crippen molar-refractivity contribution in [3.05, 3.63) is 47.2 Å². The van der Waals surface area contributed by atoms with Crippen LogP contribution in [0.15, 0.2) is 36.4 Å². The highest BCUT2D eigenvalue weighted by atomic mass is 35.5. The lowest BCUT2D eigenvalue weighted by atomic mass is 10.0. The Bertz CT molecular complexity index is 1030. The van der Waals surface area contributed by atoms with Gasteiger partial charge in [0.2, 0.25) is 0 Å². The van der Waals surface area contributed by atoms with Gasteiger partial charge in [0.15, 0.2) is 0 Å². The van der Waals surface area contributed by atoms with Crippen LogP contribution in [-0.2, 0) is 4.74 Å². The predicted octanol–water partition coefficient (Wildman–Crippen LogP) is 6.11. The van der Waals surface area contributed by atoms with Crippen LogP contribution in [0.4, 0.5) is 13.6 Å². The largest absolute Gasteiger partial charge is 0.444 e. The molecule has 2 aromatic carbocycles. The molecule has 0 radical (unpaired) electrons. The van der Waals surface area contributed by atoms with Crippen LogP contribution in [-0.4, -0.2) is 40.4 Å². The molecule has 1 fully saturated rings. The van der Waals surface area contributed by atoms with Gasteiger partial charge in [0, 0.05) is 33.4 Å². The Morgan fingerprint density at radius 2 is 1.79 bits per heavy atom. The van der Waals surface area contributed by atoms with E-state index < -0.39 is 23.9 Å². The summed E-state index contributed by atoms with van der Waals surface area (Å²) in [6.45, 7) is 5.69. The van der Waals surface area contributed by atoms with Crippen molar-refractivity contribution in [2.24, 2.45) is 0 Å². The first-order chi connectivity index (χ1) is 13.6. The Hall–Kier alpha value is -2.34. The van der Waals surface area contributed by atoms with E-state index in [0.717, 1.165) is 16.4 Å². The predicted molar refractivity (Wildman–Crippen MR) is 111 cm³/mol. The van der Waals surface area contributed by atoms with E-state index in [1.54, 1.807) is 39.0 Å². The standard InChI is InChI=1S/C22H23ClF2N2O2/c1-22(2,3)29-21(28)26-9-8-20(17(25)12-26)27-18-6-4-13(23)10-15(18)16-11-14(24)5-7-19(16)27/h4-7,10-11,17,20H,8-9,12H2,1-3H3/t17-,20?/m0/s1. The van der Waals surface area contributed by atoms with Gasteiger partial charge in [-0.1, -0.05) is 11.6 Å². The minimum absolute atomic E-state index is 0.0461. The normalized spacial score (nSPS) is 20.4. The highest BCUT2D eigenvalue weighted by Gasteiger charge is 2.35. The highest BCUT2D eigenvalue weighted by Crippen LogP contribution is 2.38. The van der Waals surface area contributed by atoms with E-state index in [0.29, 0.717) is 23.4 Å². The Morgan fingerprint density at radius 1 is 1.14 bits per heavy atom. The summed E-state index contributed by atoms with van der Waals surface area (Å²) in [5.74, 6) is -0.354. The maximum Gasteiger partial charge on any atom is 0.410 e. The molecule has 0 aliphatic carbocycles. The zero-order valence-corrected chi connectivity index (χ0v) is 17.3. The number of carbonyl (C=O) groups is 1. The van der Waals surface area contributed by atoms with Crippen molar-refractivity contribution in [3.63, 3.8) is 0 Å². The van der Waals surface area contributed by atoms with Crippen molar-refractivity contribution in [2.75, 3.05) is 13.1 Å². The molecule has 1 aliphatic heterocycles. The Balaban J connectivity index is 1.71. The van der Waals surface area contributed by atoms with Crippen molar-refractivity contribution in [1.82, 2.24) is 9.47 Å². The van der Waals surface area contributed by atoms with Crippen LogP contribution in [0.5, 0.6) is 0 Å². The second kappa shape index (κ2) is 7.17. The summed E-state index contributed by atoms with van der Waals surface area (Å²) in [6.07, 6.45) is -1.36. The highest BCUT2D eigenvalue weighted by molar-refractivity contribution is 6.31. The van der Waals surface area contributed by atoms with E-state index in [9.17, 15) is 9.18 Å². The molecule has 3 aromatic rings. The average molecular weight is 421 g/mol. The Kier molecular flexibility index (Phi) is 4.93. The van der Waals surface area contributed by atoms with E-state index in [2.05, 4.69) is 0 Å². The number of carbonyl (C=O) groups excluding carboxylic acids is 1. The van der Waals surface area contributed by atoms with Gasteiger partial charge in [-0.2, -0.15) is 0 Å². The number of fused-ring (bicyclic) bond motifs is 3. The molecule has 4 nitrogen and oxygen atoms in total. The molecular formula is C22H23ClF2N2O2. The van der Waals surface area contributed by atoms with Gasteiger partial charge in [0.1, 0.15) is 17.6 Å². The van der Waals surface area contributed by atoms with E-state index >= 15 is 4.39 Å². The number of hydrogen-bond donors (Lipinski definition) is 0. The summed E-state index contributed by atoms with van der Waals surface area (Å²) < 4.78 is 36.5. The molecule has 29 heavy (non-hydrogen) atoms. The zero-order chi connectivity index (χ0) is 20.9. The molecule has 0 bridgehead atoms. The molecule has 1 aromatic heterocycles. The third-order valence-electron chi connectivity index (χ3n) is 5.22. The van der Waals surface area contributed by atoms with E-state index in [1.165, 1.54) is 17.0 Å². The van der Waals surface area contributed by atoms with Gasteiger partial charge >= 0.3 is 6.09 Å². The Morgan fingerprint density at radius 3 is 2.45 bits per heavy atom. The fourth-order valence-corrected chi connectivity index (χ4v) is 4.20. The van der Waals surface area contributed by atoms with Crippen molar-refractivity contribution >= 4 is 39.5 Å². The third kappa shape index (κ3) is 3.78.